The Balaban J connectivity index is 1.70. The van der Waals surface area contributed by atoms with Crippen molar-refractivity contribution in [2.24, 2.45) is 7.05 Å². The molecule has 0 aliphatic carbocycles. The zero-order valence-electron chi connectivity index (χ0n) is 16.7. The number of nitrogens with zero attached hydrogens (tertiary/aromatic N) is 3. The fraction of sp³-hybridized carbons (Fsp3) is 0.0417. The van der Waals surface area contributed by atoms with Crippen molar-refractivity contribution in [1.29, 1.82) is 0 Å². The lowest BCUT2D eigenvalue weighted by molar-refractivity contribution is -0.111. The summed E-state index contributed by atoms with van der Waals surface area (Å²) in [6.45, 7) is 3.45. The highest BCUT2D eigenvalue weighted by Gasteiger charge is 2.15. The Kier molecular flexibility index (Phi) is 4.29. The predicted molar refractivity (Wildman–Crippen MR) is 120 cm³/mol. The van der Waals surface area contributed by atoms with Crippen LogP contribution in [0.4, 0.5) is 5.69 Å². The molecule has 0 aliphatic rings. The fourth-order valence-electron chi connectivity index (χ4n) is 3.67. The molecule has 7 nitrogen and oxygen atoms in total. The average molecular weight is 410 g/mol. The summed E-state index contributed by atoms with van der Waals surface area (Å²) in [7, 11) is 1.87. The quantitative estimate of drug-likeness (QED) is 0.449. The minimum absolute atomic E-state index is 0.176. The molecule has 3 heterocycles. The second kappa shape index (κ2) is 7.14. The minimum Gasteiger partial charge on any atom is -0.454 e. The van der Waals surface area contributed by atoms with Crippen LogP contribution in [0.1, 0.15) is 0 Å². The van der Waals surface area contributed by atoms with E-state index in [1.165, 1.54) is 12.1 Å². The van der Waals surface area contributed by atoms with E-state index >= 15 is 0 Å². The van der Waals surface area contributed by atoms with Crippen molar-refractivity contribution in [3.05, 3.63) is 90.0 Å². The van der Waals surface area contributed by atoms with Crippen LogP contribution in [-0.4, -0.2) is 20.3 Å². The number of fused-ring (bicyclic) bond motifs is 3. The number of anilines is 1. The van der Waals surface area contributed by atoms with Crippen LogP contribution in [0.2, 0.25) is 0 Å². The maximum absolute atomic E-state index is 12.9. The van der Waals surface area contributed by atoms with E-state index in [1.54, 1.807) is 45.8 Å². The molecule has 0 atom stereocenters. The molecule has 0 aliphatic heterocycles. The van der Waals surface area contributed by atoms with Crippen molar-refractivity contribution in [3.63, 3.8) is 0 Å². The Morgan fingerprint density at radius 2 is 1.84 bits per heavy atom. The molecule has 3 aromatic heterocycles. The first-order valence-electron chi connectivity index (χ1n) is 9.65. The molecule has 2 aromatic carbocycles. The summed E-state index contributed by atoms with van der Waals surface area (Å²) in [5.41, 5.74) is 5.06. The van der Waals surface area contributed by atoms with Crippen molar-refractivity contribution in [1.82, 2.24) is 14.3 Å². The highest BCUT2D eigenvalue weighted by atomic mass is 16.3. The van der Waals surface area contributed by atoms with E-state index in [4.69, 9.17) is 4.42 Å². The summed E-state index contributed by atoms with van der Waals surface area (Å²) < 4.78 is 9.37. The monoisotopic (exact) mass is 410 g/mol. The van der Waals surface area contributed by atoms with E-state index in [0.717, 1.165) is 16.5 Å². The summed E-state index contributed by atoms with van der Waals surface area (Å²) in [5.74, 6) is -0.296. The third-order valence-electron chi connectivity index (χ3n) is 5.13. The summed E-state index contributed by atoms with van der Waals surface area (Å²) in [6.07, 6.45) is 4.94. The summed E-state index contributed by atoms with van der Waals surface area (Å²) >= 11 is 0. The number of carbonyl (C=O) groups excluding carboxylic acids is 1. The second-order valence-electron chi connectivity index (χ2n) is 7.18. The van der Waals surface area contributed by atoms with Crippen molar-refractivity contribution < 1.29 is 9.21 Å². The maximum atomic E-state index is 12.9. The molecule has 5 rings (SSSR count). The molecule has 0 radical (unpaired) electrons. The van der Waals surface area contributed by atoms with E-state index in [1.807, 2.05) is 31.4 Å². The topological polar surface area (TPSA) is 82.1 Å². The first-order valence-corrected chi connectivity index (χ1v) is 9.65. The van der Waals surface area contributed by atoms with Crippen LogP contribution in [-0.2, 0) is 11.8 Å². The molecule has 5 aromatic rings. The van der Waals surface area contributed by atoms with Gasteiger partial charge in [-0.05, 0) is 54.1 Å². The Bertz CT molecular complexity index is 1520. The van der Waals surface area contributed by atoms with Gasteiger partial charge in [0.1, 0.15) is 11.1 Å². The molecule has 31 heavy (non-hydrogen) atoms. The second-order valence-corrected chi connectivity index (χ2v) is 7.18. The minimum atomic E-state index is -0.296. The van der Waals surface area contributed by atoms with Crippen LogP contribution in [0.15, 0.2) is 88.9 Å². The number of aromatic nitrogens is 3. The number of amides is 1. The number of carbonyl (C=O) groups is 1. The Morgan fingerprint density at radius 3 is 2.55 bits per heavy atom. The maximum Gasteiger partial charge on any atom is 0.255 e. The molecule has 0 saturated carbocycles. The SMILES string of the molecule is C=CC(=O)Nc1ccc(-n2c(=O)ccc3oc4ccc(-c5cnn(C)c5)cc4c32)cc1. The van der Waals surface area contributed by atoms with Crippen LogP contribution in [0.25, 0.3) is 38.9 Å². The van der Waals surface area contributed by atoms with Gasteiger partial charge in [-0.3, -0.25) is 18.8 Å². The Hall–Kier alpha value is -4.39. The smallest absolute Gasteiger partial charge is 0.255 e. The number of pyridine rings is 1. The number of nitrogens with one attached hydrogen (secondary N) is 1. The zero-order chi connectivity index (χ0) is 21.5. The number of furan rings is 1. The standard InChI is InChI=1S/C24H18N4O3/c1-3-22(29)26-17-5-7-18(8-6-17)28-23(30)11-10-21-24(28)19-12-15(4-9-20(19)31-21)16-13-25-27(2)14-16/h3-14H,1H2,2H3,(H,26,29). The number of aryl methyl sites for hydroxylation is 1. The van der Waals surface area contributed by atoms with Crippen LogP contribution in [0.5, 0.6) is 0 Å². The molecular formula is C24H18N4O3. The van der Waals surface area contributed by atoms with E-state index in [0.29, 0.717) is 28.1 Å². The summed E-state index contributed by atoms with van der Waals surface area (Å²) in [5, 5.41) is 7.77. The lowest BCUT2D eigenvalue weighted by Gasteiger charge is -2.09. The molecule has 7 heteroatoms. The van der Waals surface area contributed by atoms with E-state index in [9.17, 15) is 9.59 Å². The van der Waals surface area contributed by atoms with Gasteiger partial charge in [0.2, 0.25) is 5.91 Å². The van der Waals surface area contributed by atoms with E-state index < -0.39 is 0 Å². The van der Waals surface area contributed by atoms with Gasteiger partial charge in [0.05, 0.1) is 6.20 Å². The molecule has 1 N–H and O–H groups in total. The predicted octanol–water partition coefficient (Wildman–Crippen LogP) is 4.26. The largest absolute Gasteiger partial charge is 0.454 e. The molecule has 0 saturated heterocycles. The normalized spacial score (nSPS) is 11.1. The summed E-state index contributed by atoms with van der Waals surface area (Å²) in [6, 6.07) is 16.1. The van der Waals surface area contributed by atoms with Gasteiger partial charge in [-0.15, -0.1) is 0 Å². The first-order chi connectivity index (χ1) is 15.0. The average Bonchev–Trinajstić information content (AvgIpc) is 3.37. The van der Waals surface area contributed by atoms with Gasteiger partial charge in [-0.25, -0.2) is 0 Å². The van der Waals surface area contributed by atoms with Crippen LogP contribution < -0.4 is 10.9 Å². The fourth-order valence-corrected chi connectivity index (χ4v) is 3.67. The number of rotatable bonds is 4. The van der Waals surface area contributed by atoms with Gasteiger partial charge >= 0.3 is 0 Å². The van der Waals surface area contributed by atoms with Crippen LogP contribution >= 0.6 is 0 Å². The van der Waals surface area contributed by atoms with E-state index in [-0.39, 0.29) is 11.5 Å². The molecule has 152 valence electrons. The molecule has 0 fully saturated rings. The molecule has 0 unspecified atom stereocenters. The lowest BCUT2D eigenvalue weighted by atomic mass is 10.1. The summed E-state index contributed by atoms with van der Waals surface area (Å²) in [4.78, 5) is 24.4. The molecule has 0 bridgehead atoms. The Morgan fingerprint density at radius 1 is 1.06 bits per heavy atom. The third kappa shape index (κ3) is 3.22. The number of hydrogen-bond donors (Lipinski definition) is 1. The lowest BCUT2D eigenvalue weighted by Crippen LogP contribution is -2.17. The van der Waals surface area contributed by atoms with Crippen molar-refractivity contribution >= 4 is 33.7 Å². The highest BCUT2D eigenvalue weighted by Crippen LogP contribution is 2.32. The van der Waals surface area contributed by atoms with Gasteiger partial charge in [-0.2, -0.15) is 5.10 Å². The number of hydrogen-bond acceptors (Lipinski definition) is 4. The van der Waals surface area contributed by atoms with Gasteiger partial charge in [-0.1, -0.05) is 12.6 Å². The Labute approximate surface area is 176 Å². The van der Waals surface area contributed by atoms with Crippen LogP contribution in [0.3, 0.4) is 0 Å². The zero-order valence-corrected chi connectivity index (χ0v) is 16.7. The van der Waals surface area contributed by atoms with E-state index in [2.05, 4.69) is 17.0 Å². The highest BCUT2D eigenvalue weighted by molar-refractivity contribution is 6.05. The number of benzene rings is 2. The van der Waals surface area contributed by atoms with Gasteiger partial charge in [0, 0.05) is 41.6 Å². The molecular weight excluding hydrogens is 392 g/mol. The van der Waals surface area contributed by atoms with Crippen molar-refractivity contribution in [2.45, 2.75) is 0 Å². The molecule has 1 amide bonds. The van der Waals surface area contributed by atoms with Gasteiger partial charge in [0.25, 0.3) is 5.56 Å². The van der Waals surface area contributed by atoms with Crippen molar-refractivity contribution in [3.8, 4) is 16.8 Å². The van der Waals surface area contributed by atoms with Gasteiger partial charge in [0.15, 0.2) is 5.58 Å². The first kappa shape index (κ1) is 18.6. The van der Waals surface area contributed by atoms with Crippen LogP contribution in [0, 0.1) is 0 Å². The third-order valence-corrected chi connectivity index (χ3v) is 5.13. The van der Waals surface area contributed by atoms with Gasteiger partial charge < -0.3 is 9.73 Å². The van der Waals surface area contributed by atoms with Crippen molar-refractivity contribution in [2.75, 3.05) is 5.32 Å². The molecule has 0 spiro atoms.